The Balaban J connectivity index is 1.93. The van der Waals surface area contributed by atoms with Gasteiger partial charge in [0.25, 0.3) is 0 Å². The lowest BCUT2D eigenvalue weighted by atomic mass is 10.0. The number of rotatable bonds is 5. The van der Waals surface area contributed by atoms with Crippen molar-refractivity contribution in [1.82, 2.24) is 20.2 Å². The molecule has 1 aliphatic rings. The van der Waals surface area contributed by atoms with Gasteiger partial charge >= 0.3 is 0 Å². The zero-order valence-electron chi connectivity index (χ0n) is 14.4. The third kappa shape index (κ3) is 4.01. The topological polar surface area (TPSA) is 79.1 Å². The lowest BCUT2D eigenvalue weighted by Gasteiger charge is -2.25. The molecule has 2 heterocycles. The lowest BCUT2D eigenvalue weighted by Crippen LogP contribution is -2.27. The van der Waals surface area contributed by atoms with Crippen LogP contribution >= 0.6 is 0 Å². The average molecular weight is 326 g/mol. The maximum Gasteiger partial charge on any atom is 0.222 e. The van der Waals surface area contributed by atoms with Gasteiger partial charge in [-0.15, -0.1) is 0 Å². The Morgan fingerprint density at radius 3 is 2.67 bits per heavy atom. The van der Waals surface area contributed by atoms with Crippen LogP contribution in [0.2, 0.25) is 0 Å². The molecular formula is C18H26N6. The first-order chi connectivity index (χ1) is 11.6. The first kappa shape index (κ1) is 16.7. The van der Waals surface area contributed by atoms with Gasteiger partial charge in [-0.3, -0.25) is 0 Å². The van der Waals surface area contributed by atoms with Crippen LogP contribution in [0.5, 0.6) is 0 Å². The molecule has 0 aliphatic carbocycles. The zero-order chi connectivity index (χ0) is 16.9. The Labute approximate surface area is 143 Å². The first-order valence-electron chi connectivity index (χ1n) is 8.45. The van der Waals surface area contributed by atoms with E-state index >= 15 is 0 Å². The minimum atomic E-state index is 0.149. The number of hydrogen-bond donors (Lipinski definition) is 3. The quantitative estimate of drug-likeness (QED) is 0.772. The van der Waals surface area contributed by atoms with Crippen LogP contribution in [0.15, 0.2) is 30.3 Å². The fourth-order valence-corrected chi connectivity index (χ4v) is 3.13. The van der Waals surface area contributed by atoms with Crippen LogP contribution in [-0.4, -0.2) is 48.6 Å². The summed E-state index contributed by atoms with van der Waals surface area (Å²) < 4.78 is 0. The molecule has 2 aromatic rings. The van der Waals surface area contributed by atoms with Gasteiger partial charge in [-0.2, -0.15) is 4.98 Å². The highest BCUT2D eigenvalue weighted by Gasteiger charge is 2.19. The number of fused-ring (bicyclic) bond motifs is 1. The molecule has 0 bridgehead atoms. The third-order valence-corrected chi connectivity index (χ3v) is 4.26. The van der Waals surface area contributed by atoms with Crippen molar-refractivity contribution in [2.24, 2.45) is 0 Å². The third-order valence-electron chi connectivity index (χ3n) is 4.26. The van der Waals surface area contributed by atoms with Crippen LogP contribution in [0.3, 0.4) is 0 Å². The fourth-order valence-electron chi connectivity index (χ4n) is 3.13. The molecule has 1 atom stereocenters. The molecule has 0 radical (unpaired) electrons. The number of nitrogens with one attached hydrogen (secondary N) is 2. The van der Waals surface area contributed by atoms with Crippen molar-refractivity contribution in [3.05, 3.63) is 47.2 Å². The molecule has 0 fully saturated rings. The van der Waals surface area contributed by atoms with E-state index in [1.165, 1.54) is 11.1 Å². The van der Waals surface area contributed by atoms with Crippen molar-refractivity contribution in [3.8, 4) is 0 Å². The lowest BCUT2D eigenvalue weighted by molar-refractivity contribution is 0.386. The first-order valence-corrected chi connectivity index (χ1v) is 8.45. The smallest absolute Gasteiger partial charge is 0.222 e. The van der Waals surface area contributed by atoms with Gasteiger partial charge in [-0.25, -0.2) is 4.98 Å². The van der Waals surface area contributed by atoms with Gasteiger partial charge < -0.3 is 21.3 Å². The summed E-state index contributed by atoms with van der Waals surface area (Å²) in [6.45, 7) is 2.75. The summed E-state index contributed by atoms with van der Waals surface area (Å²) in [4.78, 5) is 11.1. The second-order valence-electron chi connectivity index (χ2n) is 6.48. The number of likely N-dealkylation sites (N-methyl/N-ethyl adjacent to an activating group) is 1. The molecule has 1 aromatic heterocycles. The van der Waals surface area contributed by atoms with E-state index in [9.17, 15) is 0 Å². The van der Waals surface area contributed by atoms with Crippen LogP contribution in [0.4, 0.5) is 11.8 Å². The standard InChI is InChI=1S/C18H26N6/c1-24(2)12-16(13-6-4-3-5-7-13)21-17-14-8-10-20-11-9-15(14)22-18(19)23-17/h3-7,16,20H,8-12H2,1-2H3,(H3,19,21,22,23). The Morgan fingerprint density at radius 1 is 1.17 bits per heavy atom. The maximum atomic E-state index is 5.96. The number of nitrogen functional groups attached to an aromatic ring is 1. The van der Waals surface area contributed by atoms with Gasteiger partial charge in [-0.05, 0) is 32.6 Å². The van der Waals surface area contributed by atoms with Crippen molar-refractivity contribution in [1.29, 1.82) is 0 Å². The molecule has 1 unspecified atom stereocenters. The average Bonchev–Trinajstić information content (AvgIpc) is 2.80. The molecule has 3 rings (SSSR count). The molecule has 128 valence electrons. The van der Waals surface area contributed by atoms with E-state index < -0.39 is 0 Å². The summed E-state index contributed by atoms with van der Waals surface area (Å²) >= 11 is 0. The molecule has 24 heavy (non-hydrogen) atoms. The Morgan fingerprint density at radius 2 is 1.92 bits per heavy atom. The number of benzene rings is 1. The molecule has 4 N–H and O–H groups in total. The normalized spacial score (nSPS) is 15.6. The van der Waals surface area contributed by atoms with Crippen molar-refractivity contribution in [2.75, 3.05) is 44.8 Å². The summed E-state index contributed by atoms with van der Waals surface area (Å²) in [5.74, 6) is 1.21. The van der Waals surface area contributed by atoms with Gasteiger partial charge in [0, 0.05) is 25.1 Å². The van der Waals surface area contributed by atoms with Crippen molar-refractivity contribution in [2.45, 2.75) is 18.9 Å². The monoisotopic (exact) mass is 326 g/mol. The zero-order valence-corrected chi connectivity index (χ0v) is 14.4. The van der Waals surface area contributed by atoms with E-state index in [0.29, 0.717) is 5.95 Å². The second-order valence-corrected chi connectivity index (χ2v) is 6.48. The van der Waals surface area contributed by atoms with Crippen molar-refractivity contribution >= 4 is 11.8 Å². The number of anilines is 2. The van der Waals surface area contributed by atoms with E-state index in [-0.39, 0.29) is 6.04 Å². The molecule has 1 aromatic carbocycles. The number of hydrogen-bond acceptors (Lipinski definition) is 6. The predicted molar refractivity (Wildman–Crippen MR) is 98.1 cm³/mol. The summed E-state index contributed by atoms with van der Waals surface area (Å²) in [7, 11) is 4.16. The van der Waals surface area contributed by atoms with Crippen LogP contribution in [0.25, 0.3) is 0 Å². The largest absolute Gasteiger partial charge is 0.368 e. The highest BCUT2D eigenvalue weighted by molar-refractivity contribution is 5.52. The number of nitrogens with zero attached hydrogens (tertiary/aromatic N) is 3. The van der Waals surface area contributed by atoms with E-state index in [4.69, 9.17) is 5.73 Å². The van der Waals surface area contributed by atoms with Crippen LogP contribution in [0, 0.1) is 0 Å². The van der Waals surface area contributed by atoms with E-state index in [1.54, 1.807) is 0 Å². The maximum absolute atomic E-state index is 5.96. The molecule has 0 saturated heterocycles. The molecule has 0 amide bonds. The van der Waals surface area contributed by atoms with Gasteiger partial charge in [0.2, 0.25) is 5.95 Å². The van der Waals surface area contributed by atoms with Crippen LogP contribution < -0.4 is 16.4 Å². The minimum Gasteiger partial charge on any atom is -0.368 e. The van der Waals surface area contributed by atoms with E-state index in [2.05, 4.69) is 63.9 Å². The summed E-state index contributed by atoms with van der Waals surface area (Å²) in [5, 5.41) is 7.04. The van der Waals surface area contributed by atoms with Crippen molar-refractivity contribution in [3.63, 3.8) is 0 Å². The van der Waals surface area contributed by atoms with Gasteiger partial charge in [0.1, 0.15) is 5.82 Å². The minimum absolute atomic E-state index is 0.149. The Bertz CT molecular complexity index is 671. The second kappa shape index (κ2) is 7.59. The Kier molecular flexibility index (Phi) is 5.27. The van der Waals surface area contributed by atoms with Crippen LogP contribution in [0.1, 0.15) is 22.9 Å². The van der Waals surface area contributed by atoms with E-state index in [0.717, 1.165) is 44.0 Å². The number of nitrogens with two attached hydrogens (primary N) is 1. The van der Waals surface area contributed by atoms with Crippen LogP contribution in [-0.2, 0) is 12.8 Å². The molecule has 6 nitrogen and oxygen atoms in total. The van der Waals surface area contributed by atoms with Gasteiger partial charge in [0.05, 0.1) is 11.7 Å². The molecular weight excluding hydrogens is 300 g/mol. The molecule has 0 spiro atoms. The van der Waals surface area contributed by atoms with Crippen molar-refractivity contribution < 1.29 is 0 Å². The molecule has 0 saturated carbocycles. The highest BCUT2D eigenvalue weighted by Crippen LogP contribution is 2.25. The number of aromatic nitrogens is 2. The predicted octanol–water partition coefficient (Wildman–Crippen LogP) is 1.46. The van der Waals surface area contributed by atoms with Gasteiger partial charge in [-0.1, -0.05) is 30.3 Å². The summed E-state index contributed by atoms with van der Waals surface area (Å²) in [5.41, 5.74) is 9.45. The summed E-state index contributed by atoms with van der Waals surface area (Å²) in [6, 6.07) is 10.6. The fraction of sp³-hybridized carbons (Fsp3) is 0.444. The Hall–Kier alpha value is -2.18. The summed E-state index contributed by atoms with van der Waals surface area (Å²) in [6.07, 6.45) is 1.81. The molecule has 6 heteroatoms. The molecule has 1 aliphatic heterocycles. The SMILES string of the molecule is CN(C)CC(Nc1nc(N)nc2c1CCNCC2)c1ccccc1. The highest BCUT2D eigenvalue weighted by atomic mass is 15.1. The van der Waals surface area contributed by atoms with E-state index in [1.807, 2.05) is 6.07 Å². The van der Waals surface area contributed by atoms with Gasteiger partial charge in [0.15, 0.2) is 0 Å².